The minimum Gasteiger partial charge on any atom is -0.493 e. The van der Waals surface area contributed by atoms with Crippen molar-refractivity contribution < 1.29 is 14.4 Å². The van der Waals surface area contributed by atoms with E-state index in [1.807, 2.05) is 0 Å². The van der Waals surface area contributed by atoms with Crippen LogP contribution in [0.5, 0.6) is 17.4 Å². The number of nitro benzene ring substituents is 1. The summed E-state index contributed by atoms with van der Waals surface area (Å²) in [4.78, 5) is 14.2. The fourth-order valence-corrected chi connectivity index (χ4v) is 1.83. The van der Waals surface area contributed by atoms with E-state index in [0.717, 1.165) is 4.47 Å². The zero-order valence-electron chi connectivity index (χ0n) is 10.4. The molecule has 1 aromatic carbocycles. The van der Waals surface area contributed by atoms with Crippen LogP contribution in [-0.2, 0) is 0 Å². The van der Waals surface area contributed by atoms with Gasteiger partial charge in [-0.3, -0.25) is 10.1 Å². The number of nitrogens with zero attached hydrogens (tertiary/aromatic N) is 2. The van der Waals surface area contributed by atoms with Gasteiger partial charge in [-0.25, -0.2) is 4.98 Å². The molecule has 2 rings (SSSR count). The van der Waals surface area contributed by atoms with Crippen molar-refractivity contribution in [3.8, 4) is 17.4 Å². The summed E-state index contributed by atoms with van der Waals surface area (Å²) >= 11 is 3.24. The molecule has 104 valence electrons. The van der Waals surface area contributed by atoms with Gasteiger partial charge in [0.05, 0.1) is 23.8 Å². The van der Waals surface area contributed by atoms with Crippen molar-refractivity contribution in [2.24, 2.45) is 0 Å². The third-order valence-electron chi connectivity index (χ3n) is 2.41. The predicted octanol–water partition coefficient (Wildman–Crippen LogP) is 3.14. The molecular formula is C12H10BrN3O4. The summed E-state index contributed by atoms with van der Waals surface area (Å²) in [7, 11) is 1.39. The maximum Gasteiger partial charge on any atom is 0.273 e. The van der Waals surface area contributed by atoms with Gasteiger partial charge in [0.1, 0.15) is 0 Å². The Labute approximate surface area is 122 Å². The molecule has 0 atom stereocenters. The Morgan fingerprint density at radius 3 is 2.70 bits per heavy atom. The van der Waals surface area contributed by atoms with Crippen LogP contribution in [0.2, 0.25) is 0 Å². The fourth-order valence-electron chi connectivity index (χ4n) is 1.49. The van der Waals surface area contributed by atoms with E-state index >= 15 is 0 Å². The first-order valence-corrected chi connectivity index (χ1v) is 6.22. The highest BCUT2D eigenvalue weighted by Gasteiger charge is 2.14. The van der Waals surface area contributed by atoms with E-state index in [4.69, 9.17) is 15.2 Å². The summed E-state index contributed by atoms with van der Waals surface area (Å²) in [5.74, 6) is 0.711. The number of methoxy groups -OCH3 is 1. The summed E-state index contributed by atoms with van der Waals surface area (Å²) < 4.78 is 11.3. The number of aromatic nitrogens is 1. The van der Waals surface area contributed by atoms with E-state index in [1.54, 1.807) is 6.07 Å². The second kappa shape index (κ2) is 5.74. The van der Waals surface area contributed by atoms with Gasteiger partial charge in [-0.1, -0.05) is 0 Å². The van der Waals surface area contributed by atoms with Crippen LogP contribution in [0, 0.1) is 10.1 Å². The number of ether oxygens (including phenoxy) is 2. The average molecular weight is 340 g/mol. The lowest BCUT2D eigenvalue weighted by Crippen LogP contribution is -1.97. The number of non-ortho nitro benzene ring substituents is 1. The molecular weight excluding hydrogens is 330 g/mol. The SMILES string of the molecule is COc1cc([N+](=O)[O-])ccc1Oc1ncc(Br)cc1N. The van der Waals surface area contributed by atoms with E-state index in [1.165, 1.54) is 31.5 Å². The normalized spacial score (nSPS) is 10.1. The van der Waals surface area contributed by atoms with Crippen LogP contribution in [0.15, 0.2) is 34.9 Å². The number of nitro groups is 1. The lowest BCUT2D eigenvalue weighted by molar-refractivity contribution is -0.384. The molecule has 0 amide bonds. The number of benzene rings is 1. The molecule has 0 saturated heterocycles. The number of nitrogen functional groups attached to an aromatic ring is 1. The molecule has 7 nitrogen and oxygen atoms in total. The standard InChI is InChI=1S/C12H10BrN3O4/c1-19-11-5-8(16(17)18)2-3-10(11)20-12-9(14)4-7(13)6-15-12/h2-6H,14H2,1H3. The second-order valence-corrected chi connectivity index (χ2v) is 4.66. The lowest BCUT2D eigenvalue weighted by Gasteiger charge is -2.10. The molecule has 0 aliphatic carbocycles. The number of hydrogen-bond acceptors (Lipinski definition) is 6. The highest BCUT2D eigenvalue weighted by atomic mass is 79.9. The minimum absolute atomic E-state index is 0.0917. The topological polar surface area (TPSA) is 101 Å². The summed E-state index contributed by atoms with van der Waals surface area (Å²) in [5.41, 5.74) is 6.01. The zero-order chi connectivity index (χ0) is 14.7. The highest BCUT2D eigenvalue weighted by molar-refractivity contribution is 9.10. The Morgan fingerprint density at radius 1 is 1.35 bits per heavy atom. The summed E-state index contributed by atoms with van der Waals surface area (Å²) in [5, 5.41) is 10.7. The quantitative estimate of drug-likeness (QED) is 0.678. The van der Waals surface area contributed by atoms with Crippen molar-refractivity contribution >= 4 is 27.3 Å². The van der Waals surface area contributed by atoms with E-state index in [-0.39, 0.29) is 17.3 Å². The lowest BCUT2D eigenvalue weighted by atomic mass is 10.3. The third-order valence-corrected chi connectivity index (χ3v) is 2.84. The van der Waals surface area contributed by atoms with Gasteiger partial charge >= 0.3 is 0 Å². The van der Waals surface area contributed by atoms with Crippen LogP contribution in [0.4, 0.5) is 11.4 Å². The molecule has 0 spiro atoms. The van der Waals surface area contributed by atoms with Gasteiger partial charge in [0.2, 0.25) is 5.88 Å². The smallest absolute Gasteiger partial charge is 0.273 e. The molecule has 1 heterocycles. The third kappa shape index (κ3) is 2.97. The fraction of sp³-hybridized carbons (Fsp3) is 0.0833. The molecule has 8 heteroatoms. The van der Waals surface area contributed by atoms with Crippen LogP contribution in [0.25, 0.3) is 0 Å². The molecule has 0 unspecified atom stereocenters. The van der Waals surface area contributed by atoms with Crippen LogP contribution in [0.1, 0.15) is 0 Å². The molecule has 2 aromatic rings. The van der Waals surface area contributed by atoms with E-state index < -0.39 is 4.92 Å². The monoisotopic (exact) mass is 339 g/mol. The van der Waals surface area contributed by atoms with Gasteiger partial charge in [-0.15, -0.1) is 0 Å². The van der Waals surface area contributed by atoms with Gasteiger partial charge in [-0.2, -0.15) is 0 Å². The van der Waals surface area contributed by atoms with Crippen molar-refractivity contribution in [3.63, 3.8) is 0 Å². The molecule has 0 radical (unpaired) electrons. The molecule has 0 saturated carbocycles. The number of nitrogens with two attached hydrogens (primary N) is 1. The first-order chi connectivity index (χ1) is 9.51. The number of halogens is 1. The van der Waals surface area contributed by atoms with Crippen LogP contribution in [-0.4, -0.2) is 17.0 Å². The maximum absolute atomic E-state index is 10.7. The number of hydrogen-bond donors (Lipinski definition) is 1. The molecule has 1 aromatic heterocycles. The summed E-state index contributed by atoms with van der Waals surface area (Å²) in [6.07, 6.45) is 1.53. The minimum atomic E-state index is -0.515. The first kappa shape index (κ1) is 14.1. The number of rotatable bonds is 4. The Hall–Kier alpha value is -2.35. The van der Waals surface area contributed by atoms with Crippen molar-refractivity contribution in [2.75, 3.05) is 12.8 Å². The van der Waals surface area contributed by atoms with Gasteiger partial charge in [0.15, 0.2) is 11.5 Å². The van der Waals surface area contributed by atoms with Crippen LogP contribution in [0.3, 0.4) is 0 Å². The molecule has 0 aliphatic heterocycles. The van der Waals surface area contributed by atoms with E-state index in [0.29, 0.717) is 11.4 Å². The van der Waals surface area contributed by atoms with Crippen molar-refractivity contribution in [1.82, 2.24) is 4.98 Å². The molecule has 20 heavy (non-hydrogen) atoms. The Bertz CT molecular complexity index is 663. The second-order valence-electron chi connectivity index (χ2n) is 3.74. The van der Waals surface area contributed by atoms with Crippen molar-refractivity contribution in [1.29, 1.82) is 0 Å². The highest BCUT2D eigenvalue weighted by Crippen LogP contribution is 2.35. The zero-order valence-corrected chi connectivity index (χ0v) is 12.0. The van der Waals surface area contributed by atoms with Gasteiger partial charge in [0, 0.05) is 16.7 Å². The maximum atomic E-state index is 10.7. The van der Waals surface area contributed by atoms with Gasteiger partial charge in [-0.05, 0) is 28.1 Å². The predicted molar refractivity (Wildman–Crippen MR) is 76.1 cm³/mol. The molecule has 0 aliphatic rings. The summed E-state index contributed by atoms with van der Waals surface area (Å²) in [6.45, 7) is 0. The first-order valence-electron chi connectivity index (χ1n) is 5.42. The van der Waals surface area contributed by atoms with Crippen molar-refractivity contribution in [3.05, 3.63) is 45.0 Å². The van der Waals surface area contributed by atoms with Gasteiger partial charge in [0.25, 0.3) is 5.69 Å². The molecule has 0 fully saturated rings. The van der Waals surface area contributed by atoms with Gasteiger partial charge < -0.3 is 15.2 Å². The number of anilines is 1. The largest absolute Gasteiger partial charge is 0.493 e. The Balaban J connectivity index is 2.35. The molecule has 2 N–H and O–H groups in total. The Kier molecular flexibility index (Phi) is 4.04. The van der Waals surface area contributed by atoms with Crippen LogP contribution < -0.4 is 15.2 Å². The van der Waals surface area contributed by atoms with Crippen molar-refractivity contribution in [2.45, 2.75) is 0 Å². The number of pyridine rings is 1. The summed E-state index contributed by atoms with van der Waals surface area (Å²) in [6, 6.07) is 5.65. The molecule has 0 bridgehead atoms. The Morgan fingerprint density at radius 2 is 2.10 bits per heavy atom. The average Bonchev–Trinajstić information content (AvgIpc) is 2.42. The van der Waals surface area contributed by atoms with E-state index in [9.17, 15) is 10.1 Å². The van der Waals surface area contributed by atoms with E-state index in [2.05, 4.69) is 20.9 Å². The van der Waals surface area contributed by atoms with Crippen LogP contribution >= 0.6 is 15.9 Å².